The van der Waals surface area contributed by atoms with Crippen LogP contribution in [0.1, 0.15) is 133 Å². The van der Waals surface area contributed by atoms with Crippen molar-refractivity contribution in [3.05, 3.63) is 69.7 Å². The van der Waals surface area contributed by atoms with E-state index in [-0.39, 0.29) is 75.8 Å². The monoisotopic (exact) mass is 923 g/mol. The van der Waals surface area contributed by atoms with E-state index in [9.17, 15) is 34.5 Å². The summed E-state index contributed by atoms with van der Waals surface area (Å²) < 4.78 is 17.5. The Morgan fingerprint density at radius 2 is 1.64 bits per heavy atom. The number of fused-ring (bicyclic) bond motifs is 16. The summed E-state index contributed by atoms with van der Waals surface area (Å²) in [5.74, 6) is -3.85. The lowest BCUT2D eigenvalue weighted by Gasteiger charge is -2.37. The first-order valence-corrected chi connectivity index (χ1v) is 23.6. The molecule has 5 aliphatic rings. The van der Waals surface area contributed by atoms with Crippen LogP contribution in [0.5, 0.6) is 11.5 Å². The van der Waals surface area contributed by atoms with Gasteiger partial charge in [-0.25, -0.2) is 0 Å². The number of hydrazone groups is 1. The molecule has 0 spiro atoms. The Morgan fingerprint density at radius 1 is 1.00 bits per heavy atom. The van der Waals surface area contributed by atoms with Gasteiger partial charge in [0.1, 0.15) is 29.9 Å². The molecular formula is C51H78N4O11. The molecule has 2 aliphatic carbocycles. The van der Waals surface area contributed by atoms with Gasteiger partial charge in [-0.3, -0.25) is 29.1 Å². The van der Waals surface area contributed by atoms with Crippen LogP contribution < -0.4 is 10.1 Å². The number of nitrogens with one attached hydrogen (secondary N) is 1. The van der Waals surface area contributed by atoms with Gasteiger partial charge in [0.05, 0.1) is 43.4 Å². The molecule has 3 heterocycles. The van der Waals surface area contributed by atoms with Crippen LogP contribution in [0.2, 0.25) is 0 Å². The van der Waals surface area contributed by atoms with Crippen molar-refractivity contribution in [2.75, 3.05) is 47.0 Å². The lowest BCUT2D eigenvalue weighted by Crippen LogP contribution is -2.48. The highest BCUT2D eigenvalue weighted by atomic mass is 16.5. The van der Waals surface area contributed by atoms with E-state index < -0.39 is 52.7 Å². The Morgan fingerprint density at radius 3 is 2.23 bits per heavy atom. The standard InChI is InChI=1S/C48H68N4O10.C2H6.CH4O/c1-28-15-13-23-61-26-37-38-39(42(56)33(6)46(37)60-9)44(58)40(36(43(38)57)25-49-52-21-19-51(20-22-52)35-16-10-11-17-35)50-47(59)29(2)14-12-18-48(8,27-53)31(4)24-30(3)41(55)32(5)45(28)62-34(7)54;2*1-2/h12-14,18,23,25,28,30-32,35,41,45,53,55-56H,10-11,15-17,19-22,24,26-27H2,1-9H3,(H,50,59);1-2H3;2H,1H3/b18-12+,23-13+,29-14-,49-25+;;/t28?,30-,31?,32-,41?,45?,48?;;/m1../s1. The quantitative estimate of drug-likeness (QED) is 0.147. The van der Waals surface area contributed by atoms with Gasteiger partial charge in [0.25, 0.3) is 5.91 Å². The van der Waals surface area contributed by atoms with Crippen molar-refractivity contribution in [2.45, 2.75) is 133 Å². The first-order chi connectivity index (χ1) is 31.4. The number of aliphatic hydroxyl groups is 3. The predicted molar refractivity (Wildman–Crippen MR) is 256 cm³/mol. The molecule has 1 saturated heterocycles. The van der Waals surface area contributed by atoms with Gasteiger partial charge in [0.15, 0.2) is 5.78 Å². The number of amides is 1. The average molecular weight is 923 g/mol. The van der Waals surface area contributed by atoms with Crippen LogP contribution in [0.15, 0.2) is 52.5 Å². The zero-order valence-electron chi connectivity index (χ0n) is 41.5. The number of allylic oxidation sites excluding steroid dienone is 5. The lowest BCUT2D eigenvalue weighted by molar-refractivity contribution is -0.156. The number of phenols is 1. The van der Waals surface area contributed by atoms with Crippen LogP contribution in [0.4, 0.5) is 0 Å². The molecule has 2 fully saturated rings. The number of ketones is 2. The van der Waals surface area contributed by atoms with E-state index in [2.05, 4.69) is 15.3 Å². The molecule has 368 valence electrons. The third kappa shape index (κ3) is 13.2. The first-order valence-electron chi connectivity index (χ1n) is 23.6. The fourth-order valence-electron chi connectivity index (χ4n) is 9.42. The Hall–Kier alpha value is -4.83. The molecule has 6 rings (SSSR count). The number of phenolic OH excluding ortho intramolecular Hbond substituents is 1. The third-order valence-corrected chi connectivity index (χ3v) is 13.7. The number of hydrogen-bond donors (Lipinski definition) is 5. The largest absolute Gasteiger partial charge is 0.507 e. The molecule has 3 aliphatic heterocycles. The number of methoxy groups -OCH3 is 1. The number of aromatic hydroxyl groups is 1. The smallest absolute Gasteiger partial charge is 0.302 e. The highest BCUT2D eigenvalue weighted by molar-refractivity contribution is 6.35. The topological polar surface area (TPSA) is 208 Å². The Labute approximate surface area is 392 Å². The van der Waals surface area contributed by atoms with Gasteiger partial charge >= 0.3 is 5.97 Å². The zero-order chi connectivity index (χ0) is 49.5. The van der Waals surface area contributed by atoms with Crippen molar-refractivity contribution < 1.29 is 53.8 Å². The van der Waals surface area contributed by atoms with Crippen molar-refractivity contribution in [1.82, 2.24) is 15.2 Å². The van der Waals surface area contributed by atoms with Gasteiger partial charge in [0, 0.05) is 79.9 Å². The second kappa shape index (κ2) is 25.9. The molecule has 5 unspecified atom stereocenters. The summed E-state index contributed by atoms with van der Waals surface area (Å²) in [6.07, 6.45) is 13.9. The summed E-state index contributed by atoms with van der Waals surface area (Å²) in [6, 6.07) is 0.571. The molecule has 0 radical (unpaired) electrons. The summed E-state index contributed by atoms with van der Waals surface area (Å²) in [5, 5.41) is 50.0. The van der Waals surface area contributed by atoms with E-state index in [0.29, 0.717) is 32.0 Å². The maximum Gasteiger partial charge on any atom is 0.302 e. The van der Waals surface area contributed by atoms with Gasteiger partial charge in [0.2, 0.25) is 5.78 Å². The normalized spacial score (nSPS) is 29.3. The van der Waals surface area contributed by atoms with Crippen molar-refractivity contribution in [3.8, 4) is 11.5 Å². The van der Waals surface area contributed by atoms with Crippen molar-refractivity contribution in [2.24, 2.45) is 34.2 Å². The highest BCUT2D eigenvalue weighted by Gasteiger charge is 2.40. The summed E-state index contributed by atoms with van der Waals surface area (Å²) in [6.45, 7) is 20.5. The Bertz CT molecular complexity index is 1990. The number of carbonyl (C=O) groups excluding carboxylic acids is 4. The minimum absolute atomic E-state index is 0.115. The van der Waals surface area contributed by atoms with Crippen molar-refractivity contribution in [1.29, 1.82) is 0 Å². The van der Waals surface area contributed by atoms with E-state index in [1.807, 2.05) is 59.6 Å². The van der Waals surface area contributed by atoms with E-state index in [0.717, 1.165) is 20.2 Å². The van der Waals surface area contributed by atoms with Gasteiger partial charge < -0.3 is 40.0 Å². The Kier molecular flexibility index (Phi) is 21.8. The van der Waals surface area contributed by atoms with Crippen LogP contribution in [-0.2, 0) is 25.7 Å². The fourth-order valence-corrected chi connectivity index (χ4v) is 9.42. The molecule has 1 amide bonds. The second-order valence-electron chi connectivity index (χ2n) is 18.1. The number of nitrogens with zero attached hydrogens (tertiary/aromatic N) is 3. The molecular weight excluding hydrogens is 845 g/mol. The maximum atomic E-state index is 14.8. The minimum Gasteiger partial charge on any atom is -0.507 e. The van der Waals surface area contributed by atoms with Crippen molar-refractivity contribution in [3.63, 3.8) is 0 Å². The van der Waals surface area contributed by atoms with E-state index in [4.69, 9.17) is 19.3 Å². The number of ether oxygens (including phenoxy) is 3. The van der Waals surface area contributed by atoms with E-state index in [1.165, 1.54) is 52.2 Å². The van der Waals surface area contributed by atoms with Crippen LogP contribution >= 0.6 is 0 Å². The van der Waals surface area contributed by atoms with E-state index >= 15 is 0 Å². The molecule has 0 aromatic heterocycles. The number of hydrogen-bond acceptors (Lipinski definition) is 14. The summed E-state index contributed by atoms with van der Waals surface area (Å²) in [4.78, 5) is 58.1. The molecule has 15 heteroatoms. The molecule has 66 heavy (non-hydrogen) atoms. The van der Waals surface area contributed by atoms with E-state index in [1.54, 1.807) is 32.1 Å². The molecule has 5 N–H and O–H groups in total. The van der Waals surface area contributed by atoms with Gasteiger partial charge in [-0.15, -0.1) is 0 Å². The minimum atomic E-state index is -0.833. The highest BCUT2D eigenvalue weighted by Crippen LogP contribution is 2.43. The number of piperazine rings is 1. The van der Waals surface area contributed by atoms with Crippen LogP contribution in [0.3, 0.4) is 0 Å². The van der Waals surface area contributed by atoms with Crippen LogP contribution in [0, 0.1) is 36.0 Å². The molecule has 7 atom stereocenters. The molecule has 15 nitrogen and oxygen atoms in total. The lowest BCUT2D eigenvalue weighted by atomic mass is 9.72. The molecule has 1 aromatic rings. The number of Topliss-reactive ketones (excluding diaryl/α,β-unsaturated/α-hetero) is 2. The number of benzene rings is 1. The summed E-state index contributed by atoms with van der Waals surface area (Å²) in [7, 11) is 2.40. The molecule has 4 bridgehead atoms. The van der Waals surface area contributed by atoms with Gasteiger partial charge in [-0.2, -0.15) is 5.10 Å². The second-order valence-corrected chi connectivity index (χ2v) is 18.1. The molecule has 1 saturated carbocycles. The summed E-state index contributed by atoms with van der Waals surface area (Å²) in [5.41, 5.74) is -0.952. The number of esters is 1. The molecule has 1 aromatic carbocycles. The zero-order valence-corrected chi connectivity index (χ0v) is 41.5. The van der Waals surface area contributed by atoms with Crippen LogP contribution in [0.25, 0.3) is 0 Å². The van der Waals surface area contributed by atoms with Gasteiger partial charge in [-0.1, -0.05) is 79.5 Å². The average Bonchev–Trinajstić information content (AvgIpc) is 3.86. The first kappa shape index (κ1) is 55.5. The number of carbonyl (C=O) groups is 4. The maximum absolute atomic E-state index is 14.8. The third-order valence-electron chi connectivity index (χ3n) is 13.7. The van der Waals surface area contributed by atoms with Crippen LogP contribution in [-0.4, -0.2) is 125 Å². The summed E-state index contributed by atoms with van der Waals surface area (Å²) >= 11 is 0. The fraction of sp³-hybridized carbons (Fsp3) is 0.627. The SMILES string of the molecule is CC.CO.COc1c(C)c(O)c2c3c1CO/C=C/CC(C)C(OC(C)=O)[C@H](C)C(O)[C@H](C)CC(C)C(C)(CO)/C=C/C=C(/C)C(=O)NC(=C(/C=N/N1CCN(C4CCCC4)CC1)C3=O)C2=O. The predicted octanol–water partition coefficient (Wildman–Crippen LogP) is 6.80. The van der Waals surface area contributed by atoms with Crippen molar-refractivity contribution >= 4 is 29.7 Å². The Balaban J connectivity index is 0.00000281. The number of aliphatic hydroxyl groups excluding tert-OH is 3. The number of rotatable bonds is 6. The van der Waals surface area contributed by atoms with Gasteiger partial charge in [-0.05, 0) is 63.4 Å².